The molecule has 3 heterocycles. The number of nitrogens with zero attached hydrogens (tertiary/aromatic N) is 5. The minimum Gasteiger partial charge on any atom is -0.406 e. The summed E-state index contributed by atoms with van der Waals surface area (Å²) in [7, 11) is 1.67. The standard InChI is InChI=1S/C21H17F3N6O4S/c1-3-4-13-16-17(29(2)28-13)19(27-20(31)14-9-10-15(35-14)30(32)33)26-18(25-16)11-5-7-12(8-6-11)34-21(22,23)24/h5-10H,3-4H2,1-2H3,(H,25,26,27,31). The van der Waals surface area contributed by atoms with E-state index in [9.17, 15) is 28.1 Å². The van der Waals surface area contributed by atoms with Gasteiger partial charge in [0.05, 0.1) is 15.5 Å². The number of alkyl halides is 3. The van der Waals surface area contributed by atoms with Crippen molar-refractivity contribution in [3.63, 3.8) is 0 Å². The van der Waals surface area contributed by atoms with Crippen LogP contribution in [0, 0.1) is 10.1 Å². The van der Waals surface area contributed by atoms with Gasteiger partial charge in [-0.1, -0.05) is 24.7 Å². The second kappa shape index (κ2) is 9.29. The largest absolute Gasteiger partial charge is 0.573 e. The van der Waals surface area contributed by atoms with Crippen molar-refractivity contribution in [2.24, 2.45) is 7.05 Å². The third-order valence-corrected chi connectivity index (χ3v) is 5.85. The van der Waals surface area contributed by atoms with Crippen LogP contribution in [-0.4, -0.2) is 36.9 Å². The molecular weight excluding hydrogens is 489 g/mol. The van der Waals surface area contributed by atoms with Gasteiger partial charge in [0.2, 0.25) is 0 Å². The number of anilines is 1. The summed E-state index contributed by atoms with van der Waals surface area (Å²) in [5.74, 6) is -0.752. The van der Waals surface area contributed by atoms with Crippen molar-refractivity contribution in [2.45, 2.75) is 26.1 Å². The van der Waals surface area contributed by atoms with E-state index in [0.717, 1.165) is 18.6 Å². The fourth-order valence-electron chi connectivity index (χ4n) is 3.39. The summed E-state index contributed by atoms with van der Waals surface area (Å²) >= 11 is 0.715. The summed E-state index contributed by atoms with van der Waals surface area (Å²) in [6.45, 7) is 1.97. The smallest absolute Gasteiger partial charge is 0.406 e. The van der Waals surface area contributed by atoms with E-state index in [1.807, 2.05) is 6.92 Å². The summed E-state index contributed by atoms with van der Waals surface area (Å²) in [6.07, 6.45) is -3.46. The quantitative estimate of drug-likeness (QED) is 0.273. The fraction of sp³-hybridized carbons (Fsp3) is 0.238. The van der Waals surface area contributed by atoms with Gasteiger partial charge in [0.25, 0.3) is 5.91 Å². The predicted molar refractivity (Wildman–Crippen MR) is 121 cm³/mol. The Kier molecular flexibility index (Phi) is 6.39. The molecule has 1 N–H and O–H groups in total. The molecule has 3 aromatic heterocycles. The van der Waals surface area contributed by atoms with Crippen molar-refractivity contribution in [3.8, 4) is 17.1 Å². The van der Waals surface area contributed by atoms with Crippen LogP contribution < -0.4 is 10.1 Å². The molecule has 0 saturated carbocycles. The zero-order valence-corrected chi connectivity index (χ0v) is 19.1. The van der Waals surface area contributed by atoms with Gasteiger partial charge in [-0.15, -0.1) is 13.2 Å². The van der Waals surface area contributed by atoms with E-state index in [1.54, 1.807) is 7.05 Å². The number of carbonyl (C=O) groups excluding carboxylic acids is 1. The Hall–Kier alpha value is -4.07. The van der Waals surface area contributed by atoms with Crippen LogP contribution in [0.3, 0.4) is 0 Å². The Morgan fingerprint density at radius 1 is 1.20 bits per heavy atom. The van der Waals surface area contributed by atoms with E-state index in [1.165, 1.54) is 28.9 Å². The molecule has 0 aliphatic carbocycles. The molecule has 35 heavy (non-hydrogen) atoms. The number of hydrogen-bond donors (Lipinski definition) is 1. The summed E-state index contributed by atoms with van der Waals surface area (Å²) < 4.78 is 42.9. The average Bonchev–Trinajstić information content (AvgIpc) is 3.39. The SMILES string of the molecule is CCCc1nn(C)c2c(NC(=O)c3ccc([N+](=O)[O-])s3)nc(-c3ccc(OC(F)(F)F)cc3)nc12. The van der Waals surface area contributed by atoms with Crippen LogP contribution in [0.1, 0.15) is 28.7 Å². The topological polar surface area (TPSA) is 125 Å². The Bertz CT molecular complexity index is 1420. The number of nitro groups is 1. The lowest BCUT2D eigenvalue weighted by atomic mass is 10.2. The third kappa shape index (κ3) is 5.21. The molecule has 0 aliphatic rings. The second-order valence-electron chi connectivity index (χ2n) is 7.33. The van der Waals surface area contributed by atoms with Crippen molar-refractivity contribution in [1.82, 2.24) is 19.7 Å². The molecular formula is C21H17F3N6O4S. The van der Waals surface area contributed by atoms with E-state index >= 15 is 0 Å². The summed E-state index contributed by atoms with van der Waals surface area (Å²) in [4.78, 5) is 32.3. The lowest BCUT2D eigenvalue weighted by Crippen LogP contribution is -2.17. The maximum atomic E-state index is 12.8. The Labute approximate surface area is 199 Å². The number of thiophene rings is 1. The van der Waals surface area contributed by atoms with Gasteiger partial charge < -0.3 is 10.1 Å². The van der Waals surface area contributed by atoms with Gasteiger partial charge in [-0.2, -0.15) is 5.10 Å². The first-order chi connectivity index (χ1) is 16.6. The number of fused-ring (bicyclic) bond motifs is 1. The van der Waals surface area contributed by atoms with Gasteiger partial charge in [0.15, 0.2) is 11.6 Å². The molecule has 4 aromatic rings. The zero-order chi connectivity index (χ0) is 25.3. The third-order valence-electron chi connectivity index (χ3n) is 4.81. The molecule has 0 atom stereocenters. The van der Waals surface area contributed by atoms with Gasteiger partial charge in [-0.25, -0.2) is 9.97 Å². The Morgan fingerprint density at radius 3 is 2.51 bits per heavy atom. The first kappa shape index (κ1) is 24.1. The van der Waals surface area contributed by atoms with Crippen LogP contribution in [0.5, 0.6) is 5.75 Å². The highest BCUT2D eigenvalue weighted by atomic mass is 32.1. The van der Waals surface area contributed by atoms with Gasteiger partial charge in [0, 0.05) is 18.7 Å². The van der Waals surface area contributed by atoms with Crippen LogP contribution in [-0.2, 0) is 13.5 Å². The summed E-state index contributed by atoms with van der Waals surface area (Å²) in [5, 5.41) is 17.9. The highest BCUT2D eigenvalue weighted by Crippen LogP contribution is 2.31. The highest BCUT2D eigenvalue weighted by molar-refractivity contribution is 7.17. The van der Waals surface area contributed by atoms with Crippen LogP contribution in [0.15, 0.2) is 36.4 Å². The molecule has 1 aromatic carbocycles. The second-order valence-corrected chi connectivity index (χ2v) is 8.40. The first-order valence-electron chi connectivity index (χ1n) is 10.2. The van der Waals surface area contributed by atoms with Crippen molar-refractivity contribution >= 4 is 39.1 Å². The van der Waals surface area contributed by atoms with Crippen molar-refractivity contribution < 1.29 is 27.6 Å². The number of carbonyl (C=O) groups is 1. The number of nitrogens with one attached hydrogen (secondary N) is 1. The molecule has 0 unspecified atom stereocenters. The van der Waals surface area contributed by atoms with E-state index < -0.39 is 22.9 Å². The number of halogens is 3. The predicted octanol–water partition coefficient (Wildman–Crippen LogP) is 5.10. The molecule has 0 spiro atoms. The maximum absolute atomic E-state index is 12.8. The zero-order valence-electron chi connectivity index (χ0n) is 18.3. The van der Waals surface area contributed by atoms with Crippen LogP contribution >= 0.6 is 11.3 Å². The first-order valence-corrected chi connectivity index (χ1v) is 11.0. The Morgan fingerprint density at radius 2 is 1.91 bits per heavy atom. The van der Waals surface area contributed by atoms with Gasteiger partial charge in [-0.3, -0.25) is 19.6 Å². The number of rotatable bonds is 7. The normalized spacial score (nSPS) is 11.6. The summed E-state index contributed by atoms with van der Waals surface area (Å²) in [5.41, 5.74) is 1.96. The molecule has 0 fully saturated rings. The lowest BCUT2D eigenvalue weighted by molar-refractivity contribution is -0.380. The van der Waals surface area contributed by atoms with Crippen molar-refractivity contribution in [1.29, 1.82) is 0 Å². The molecule has 1 amide bonds. The monoisotopic (exact) mass is 506 g/mol. The number of amides is 1. The van der Waals surface area contributed by atoms with Gasteiger partial charge >= 0.3 is 11.4 Å². The van der Waals surface area contributed by atoms with Crippen LogP contribution in [0.4, 0.5) is 24.0 Å². The van der Waals surface area contributed by atoms with E-state index in [2.05, 4.69) is 25.1 Å². The van der Waals surface area contributed by atoms with E-state index in [-0.39, 0.29) is 21.5 Å². The van der Waals surface area contributed by atoms with E-state index in [0.29, 0.717) is 40.0 Å². The molecule has 0 radical (unpaired) electrons. The molecule has 0 saturated heterocycles. The highest BCUT2D eigenvalue weighted by Gasteiger charge is 2.31. The molecule has 0 aliphatic heterocycles. The number of aryl methyl sites for hydroxylation is 2. The lowest BCUT2D eigenvalue weighted by Gasteiger charge is -2.10. The number of ether oxygens (including phenoxy) is 1. The molecule has 0 bridgehead atoms. The van der Waals surface area contributed by atoms with E-state index in [4.69, 9.17) is 0 Å². The average molecular weight is 506 g/mol. The minimum absolute atomic E-state index is 0.106. The molecule has 14 heteroatoms. The molecule has 4 rings (SSSR count). The Balaban J connectivity index is 1.77. The summed E-state index contributed by atoms with van der Waals surface area (Å²) in [6, 6.07) is 7.57. The van der Waals surface area contributed by atoms with Crippen molar-refractivity contribution in [3.05, 3.63) is 57.1 Å². The number of benzene rings is 1. The van der Waals surface area contributed by atoms with Crippen LogP contribution in [0.25, 0.3) is 22.4 Å². The van der Waals surface area contributed by atoms with Gasteiger partial charge in [0.1, 0.15) is 16.8 Å². The van der Waals surface area contributed by atoms with Gasteiger partial charge in [-0.05, 0) is 36.8 Å². The molecule has 10 nitrogen and oxygen atoms in total. The maximum Gasteiger partial charge on any atom is 0.573 e. The minimum atomic E-state index is -4.82. The molecule has 182 valence electrons. The van der Waals surface area contributed by atoms with Crippen LogP contribution in [0.2, 0.25) is 0 Å². The fourth-order valence-corrected chi connectivity index (χ4v) is 4.10. The number of hydrogen-bond acceptors (Lipinski definition) is 8. The number of aromatic nitrogens is 4. The van der Waals surface area contributed by atoms with Crippen molar-refractivity contribution in [2.75, 3.05) is 5.32 Å².